The second kappa shape index (κ2) is 4.38. The van der Waals surface area contributed by atoms with E-state index in [0.29, 0.717) is 22.8 Å². The zero-order chi connectivity index (χ0) is 14.7. The molecule has 1 aromatic rings. The molecule has 1 atom stereocenters. The lowest BCUT2D eigenvalue weighted by Gasteiger charge is -2.22. The van der Waals surface area contributed by atoms with Crippen LogP contribution in [0.4, 0.5) is 0 Å². The number of fused-ring (bicyclic) bond motifs is 1. The van der Waals surface area contributed by atoms with Crippen LogP contribution in [-0.4, -0.2) is 13.7 Å². The molecule has 1 aliphatic heterocycles. The molecule has 1 saturated carbocycles. The van der Waals surface area contributed by atoms with Gasteiger partial charge < -0.3 is 10.1 Å². The van der Waals surface area contributed by atoms with Crippen LogP contribution in [0.15, 0.2) is 12.1 Å². The number of benzene rings is 1. The Hall–Kier alpha value is -0.730. The van der Waals surface area contributed by atoms with Crippen LogP contribution < -0.4 is 10.1 Å². The Morgan fingerprint density at radius 2 is 1.90 bits per heavy atom. The normalized spacial score (nSPS) is 24.1. The van der Waals surface area contributed by atoms with E-state index in [0.717, 1.165) is 23.8 Å². The fourth-order valence-electron chi connectivity index (χ4n) is 4.11. The Balaban J connectivity index is 2.04. The molecule has 1 N–H and O–H groups in total. The Morgan fingerprint density at radius 3 is 2.45 bits per heavy atom. The number of nitrogens with one attached hydrogen (secondary N) is 1. The number of hydrogen-bond donors (Lipinski definition) is 1. The van der Waals surface area contributed by atoms with Crippen molar-refractivity contribution in [3.8, 4) is 5.75 Å². The summed E-state index contributed by atoms with van der Waals surface area (Å²) in [7, 11) is 2.04. The molecule has 1 fully saturated rings. The van der Waals surface area contributed by atoms with Gasteiger partial charge in [-0.25, -0.2) is 0 Å². The van der Waals surface area contributed by atoms with Gasteiger partial charge in [0.1, 0.15) is 5.75 Å². The predicted octanol–water partition coefficient (Wildman–Crippen LogP) is 4.22. The van der Waals surface area contributed by atoms with E-state index in [2.05, 4.69) is 39.1 Å². The van der Waals surface area contributed by atoms with E-state index in [1.165, 1.54) is 11.1 Å². The largest absolute Gasteiger partial charge is 0.493 e. The molecule has 1 heterocycles. The third kappa shape index (κ3) is 1.81. The SMILES string of the molecule is CNC(c1cc(Cl)cc2c1OCC2)C1C(C)(C)C1(C)C. The molecular weight excluding hydrogens is 270 g/mol. The van der Waals surface area contributed by atoms with Gasteiger partial charge in [0, 0.05) is 23.0 Å². The van der Waals surface area contributed by atoms with Gasteiger partial charge in [0.25, 0.3) is 0 Å². The third-order valence-corrected chi connectivity index (χ3v) is 6.11. The summed E-state index contributed by atoms with van der Waals surface area (Å²) < 4.78 is 5.88. The van der Waals surface area contributed by atoms with Crippen molar-refractivity contribution in [2.45, 2.75) is 40.2 Å². The minimum Gasteiger partial charge on any atom is -0.493 e. The van der Waals surface area contributed by atoms with Crippen molar-refractivity contribution in [3.63, 3.8) is 0 Å². The van der Waals surface area contributed by atoms with E-state index < -0.39 is 0 Å². The van der Waals surface area contributed by atoms with Gasteiger partial charge in [-0.3, -0.25) is 0 Å². The molecule has 0 spiro atoms. The highest BCUT2D eigenvalue weighted by atomic mass is 35.5. The molecule has 1 unspecified atom stereocenters. The molecule has 3 heteroatoms. The molecule has 3 rings (SSSR count). The minimum absolute atomic E-state index is 0.297. The highest BCUT2D eigenvalue weighted by molar-refractivity contribution is 6.30. The van der Waals surface area contributed by atoms with Crippen molar-refractivity contribution in [2.75, 3.05) is 13.7 Å². The summed E-state index contributed by atoms with van der Waals surface area (Å²) in [5.74, 6) is 1.65. The van der Waals surface area contributed by atoms with Gasteiger partial charge in [-0.05, 0) is 41.5 Å². The smallest absolute Gasteiger partial charge is 0.127 e. The second-order valence-electron chi connectivity index (χ2n) is 7.27. The van der Waals surface area contributed by atoms with Crippen LogP contribution in [0.25, 0.3) is 0 Å². The quantitative estimate of drug-likeness (QED) is 0.901. The first-order valence-electron chi connectivity index (χ1n) is 7.43. The van der Waals surface area contributed by atoms with E-state index in [-0.39, 0.29) is 0 Å². The van der Waals surface area contributed by atoms with Crippen LogP contribution in [0.2, 0.25) is 5.02 Å². The maximum absolute atomic E-state index is 6.31. The fourth-order valence-corrected chi connectivity index (χ4v) is 4.36. The molecular formula is C17H24ClNO. The number of halogens is 1. The first kappa shape index (κ1) is 14.2. The molecule has 20 heavy (non-hydrogen) atoms. The van der Waals surface area contributed by atoms with Crippen molar-refractivity contribution >= 4 is 11.6 Å². The van der Waals surface area contributed by atoms with E-state index in [9.17, 15) is 0 Å². The monoisotopic (exact) mass is 293 g/mol. The number of hydrogen-bond acceptors (Lipinski definition) is 2. The van der Waals surface area contributed by atoms with Crippen LogP contribution in [0, 0.1) is 16.7 Å². The fraction of sp³-hybridized carbons (Fsp3) is 0.647. The van der Waals surface area contributed by atoms with E-state index in [4.69, 9.17) is 16.3 Å². The van der Waals surface area contributed by atoms with Crippen molar-refractivity contribution in [1.82, 2.24) is 5.32 Å². The van der Waals surface area contributed by atoms with Crippen molar-refractivity contribution in [2.24, 2.45) is 16.7 Å². The molecule has 1 aliphatic carbocycles. The van der Waals surface area contributed by atoms with E-state index >= 15 is 0 Å². The van der Waals surface area contributed by atoms with Crippen molar-refractivity contribution in [3.05, 3.63) is 28.3 Å². The zero-order valence-corrected chi connectivity index (χ0v) is 13.8. The van der Waals surface area contributed by atoms with Crippen LogP contribution >= 0.6 is 11.6 Å². The standard InChI is InChI=1S/C17H24ClNO/c1-16(2)15(17(16,3)4)13(19-5)12-9-11(18)8-10-6-7-20-14(10)12/h8-9,13,15,19H,6-7H2,1-5H3. The second-order valence-corrected chi connectivity index (χ2v) is 7.71. The van der Waals surface area contributed by atoms with Crippen molar-refractivity contribution < 1.29 is 4.74 Å². The van der Waals surface area contributed by atoms with E-state index in [1.807, 2.05) is 13.1 Å². The topological polar surface area (TPSA) is 21.3 Å². The Labute approximate surface area is 126 Å². The van der Waals surface area contributed by atoms with Gasteiger partial charge >= 0.3 is 0 Å². The molecule has 0 radical (unpaired) electrons. The number of ether oxygens (including phenoxy) is 1. The summed E-state index contributed by atoms with van der Waals surface area (Å²) in [5, 5.41) is 4.33. The van der Waals surface area contributed by atoms with Gasteiger partial charge in [0.05, 0.1) is 6.61 Å². The van der Waals surface area contributed by atoms with Crippen LogP contribution in [0.1, 0.15) is 44.9 Å². The molecule has 2 nitrogen and oxygen atoms in total. The van der Waals surface area contributed by atoms with Gasteiger partial charge in [-0.2, -0.15) is 0 Å². The summed E-state index contributed by atoms with van der Waals surface area (Å²) in [6, 6.07) is 4.42. The molecule has 0 aromatic heterocycles. The van der Waals surface area contributed by atoms with E-state index in [1.54, 1.807) is 0 Å². The average molecular weight is 294 g/mol. The predicted molar refractivity (Wildman–Crippen MR) is 83.5 cm³/mol. The minimum atomic E-state index is 0.297. The Bertz CT molecular complexity index is 536. The van der Waals surface area contributed by atoms with Gasteiger partial charge in [-0.1, -0.05) is 39.3 Å². The van der Waals surface area contributed by atoms with Gasteiger partial charge in [0.2, 0.25) is 0 Å². The molecule has 1 aromatic carbocycles. The summed E-state index contributed by atoms with van der Waals surface area (Å²) in [6.45, 7) is 10.2. The lowest BCUT2D eigenvalue weighted by molar-refractivity contribution is 0.341. The highest BCUT2D eigenvalue weighted by Gasteiger charge is 2.67. The summed E-state index contributed by atoms with van der Waals surface area (Å²) in [6.07, 6.45) is 0.969. The molecule has 0 saturated heterocycles. The summed E-state index contributed by atoms with van der Waals surface area (Å²) >= 11 is 6.31. The first-order valence-corrected chi connectivity index (χ1v) is 7.81. The van der Waals surface area contributed by atoms with Gasteiger partial charge in [-0.15, -0.1) is 0 Å². The Morgan fingerprint density at radius 1 is 1.25 bits per heavy atom. The third-order valence-electron chi connectivity index (χ3n) is 5.89. The zero-order valence-electron chi connectivity index (χ0n) is 13.0. The average Bonchev–Trinajstić information content (AvgIpc) is 2.72. The molecule has 110 valence electrons. The molecule has 2 aliphatic rings. The summed E-state index contributed by atoms with van der Waals surface area (Å²) in [4.78, 5) is 0. The molecule has 0 amide bonds. The highest BCUT2D eigenvalue weighted by Crippen LogP contribution is 2.72. The maximum atomic E-state index is 6.31. The van der Waals surface area contributed by atoms with Gasteiger partial charge in [0.15, 0.2) is 0 Å². The first-order chi connectivity index (χ1) is 9.30. The lowest BCUT2D eigenvalue weighted by Crippen LogP contribution is -2.22. The van der Waals surface area contributed by atoms with Crippen molar-refractivity contribution in [1.29, 1.82) is 0 Å². The van der Waals surface area contributed by atoms with Crippen LogP contribution in [-0.2, 0) is 6.42 Å². The lowest BCUT2D eigenvalue weighted by atomic mass is 9.94. The maximum Gasteiger partial charge on any atom is 0.127 e. The summed E-state index contributed by atoms with van der Waals surface area (Å²) in [5.41, 5.74) is 3.14. The van der Waals surface area contributed by atoms with Crippen LogP contribution in [0.5, 0.6) is 5.75 Å². The van der Waals surface area contributed by atoms with Crippen LogP contribution in [0.3, 0.4) is 0 Å². The molecule has 0 bridgehead atoms. The number of rotatable bonds is 3. The Kier molecular flexibility index (Phi) is 3.11.